The van der Waals surface area contributed by atoms with Crippen LogP contribution in [0.1, 0.15) is 23.7 Å². The van der Waals surface area contributed by atoms with Gasteiger partial charge in [-0.25, -0.2) is 8.42 Å². The number of allylic oxidation sites excluding steroid dienone is 1. The molecule has 1 saturated heterocycles. The van der Waals surface area contributed by atoms with Gasteiger partial charge in [0.1, 0.15) is 5.82 Å². The Hall–Kier alpha value is -2.13. The molecule has 1 aromatic carbocycles. The molecule has 28 heavy (non-hydrogen) atoms. The molecule has 150 valence electrons. The molecule has 0 N–H and O–H groups in total. The Morgan fingerprint density at radius 3 is 2.75 bits per heavy atom. The minimum atomic E-state index is -3.01. The predicted octanol–water partition coefficient (Wildman–Crippen LogP) is 2.12. The minimum absolute atomic E-state index is 0.00741. The van der Waals surface area contributed by atoms with Gasteiger partial charge in [0.05, 0.1) is 17.3 Å². The molecule has 2 aromatic rings. The number of carbonyl (C=O) groups is 1. The van der Waals surface area contributed by atoms with E-state index in [0.29, 0.717) is 30.5 Å². The molecule has 0 bridgehead atoms. The Bertz CT molecular complexity index is 941. The lowest BCUT2D eigenvalue weighted by molar-refractivity contribution is -0.127. The van der Waals surface area contributed by atoms with Crippen molar-refractivity contribution in [2.24, 2.45) is 0 Å². The van der Waals surface area contributed by atoms with Crippen LogP contribution in [-0.2, 0) is 27.7 Å². The van der Waals surface area contributed by atoms with E-state index >= 15 is 0 Å². The summed E-state index contributed by atoms with van der Waals surface area (Å²) < 4.78 is 25.5. The van der Waals surface area contributed by atoms with Crippen LogP contribution in [0.3, 0.4) is 0 Å². The third-order valence-corrected chi connectivity index (χ3v) is 7.39. The van der Waals surface area contributed by atoms with E-state index in [1.54, 1.807) is 18.0 Å². The molecule has 1 aliphatic heterocycles. The van der Waals surface area contributed by atoms with Crippen molar-refractivity contribution in [3.63, 3.8) is 0 Å². The zero-order chi connectivity index (χ0) is 20.1. The maximum atomic E-state index is 12.5. The van der Waals surface area contributed by atoms with Crippen molar-refractivity contribution < 1.29 is 13.2 Å². The first kappa shape index (κ1) is 20.6. The summed E-state index contributed by atoms with van der Waals surface area (Å²) >= 11 is 1.31. The highest BCUT2D eigenvalue weighted by Crippen LogP contribution is 2.30. The van der Waals surface area contributed by atoms with Crippen LogP contribution in [0.25, 0.3) is 0 Å². The summed E-state index contributed by atoms with van der Waals surface area (Å²) in [5.41, 5.74) is 1.07. The van der Waals surface area contributed by atoms with Crippen molar-refractivity contribution in [1.82, 2.24) is 19.7 Å². The van der Waals surface area contributed by atoms with Gasteiger partial charge in [-0.15, -0.1) is 16.8 Å². The number of hydrogen-bond acceptors (Lipinski definition) is 6. The number of amides is 1. The molecule has 9 heteroatoms. The molecule has 2 heterocycles. The number of benzene rings is 1. The zero-order valence-electron chi connectivity index (χ0n) is 15.8. The molecular formula is C19H24N4O3S2. The average Bonchev–Trinajstić information content (AvgIpc) is 3.23. The second-order valence-electron chi connectivity index (χ2n) is 6.86. The van der Waals surface area contributed by atoms with E-state index in [1.807, 2.05) is 34.9 Å². The van der Waals surface area contributed by atoms with Gasteiger partial charge < -0.3 is 9.47 Å². The lowest BCUT2D eigenvalue weighted by Crippen LogP contribution is -2.27. The van der Waals surface area contributed by atoms with Crippen molar-refractivity contribution in [3.8, 4) is 0 Å². The van der Waals surface area contributed by atoms with Crippen LogP contribution in [0.2, 0.25) is 0 Å². The summed E-state index contributed by atoms with van der Waals surface area (Å²) in [4.78, 5) is 14.2. The van der Waals surface area contributed by atoms with Gasteiger partial charge in [-0.3, -0.25) is 4.79 Å². The van der Waals surface area contributed by atoms with Gasteiger partial charge in [0, 0.05) is 26.1 Å². The normalized spacial score (nSPS) is 18.1. The number of carbonyl (C=O) groups excluding carboxylic acids is 1. The molecule has 1 amide bonds. The largest absolute Gasteiger partial charge is 0.341 e. The number of aromatic nitrogens is 3. The van der Waals surface area contributed by atoms with Gasteiger partial charge >= 0.3 is 0 Å². The van der Waals surface area contributed by atoms with E-state index < -0.39 is 9.84 Å². The fraction of sp³-hybridized carbons (Fsp3) is 0.421. The van der Waals surface area contributed by atoms with Crippen LogP contribution in [-0.4, -0.2) is 58.3 Å². The van der Waals surface area contributed by atoms with E-state index in [4.69, 9.17) is 0 Å². The lowest BCUT2D eigenvalue weighted by Gasteiger charge is -2.17. The first-order chi connectivity index (χ1) is 13.4. The molecule has 1 atom stereocenters. The molecule has 3 rings (SSSR count). The fourth-order valence-electron chi connectivity index (χ4n) is 3.19. The fourth-order valence-corrected chi connectivity index (χ4v) is 5.82. The molecule has 0 saturated carbocycles. The van der Waals surface area contributed by atoms with Crippen LogP contribution in [0.5, 0.6) is 0 Å². The number of rotatable bonds is 8. The van der Waals surface area contributed by atoms with Gasteiger partial charge in [0.15, 0.2) is 15.0 Å². The predicted molar refractivity (Wildman–Crippen MR) is 110 cm³/mol. The molecule has 1 unspecified atom stereocenters. The van der Waals surface area contributed by atoms with E-state index in [1.165, 1.54) is 11.8 Å². The third kappa shape index (κ3) is 5.02. The molecule has 0 spiro atoms. The van der Waals surface area contributed by atoms with Crippen molar-refractivity contribution >= 4 is 27.5 Å². The van der Waals surface area contributed by atoms with Crippen molar-refractivity contribution in [2.45, 2.75) is 30.6 Å². The maximum absolute atomic E-state index is 12.5. The Morgan fingerprint density at radius 2 is 2.11 bits per heavy atom. The number of thioether (sulfide) groups is 1. The van der Waals surface area contributed by atoms with Crippen LogP contribution < -0.4 is 0 Å². The standard InChI is InChI=1S/C19H24N4O3S2/c1-3-10-23-18(16-9-11-28(25,26)14-16)20-21-19(23)27-13-17(24)22(2)12-15-7-5-4-6-8-15/h3-8,16H,1,9-14H2,2H3. The third-order valence-electron chi connectivity index (χ3n) is 4.67. The molecule has 1 aromatic heterocycles. The van der Waals surface area contributed by atoms with Crippen LogP contribution >= 0.6 is 11.8 Å². The minimum Gasteiger partial charge on any atom is -0.341 e. The highest BCUT2D eigenvalue weighted by molar-refractivity contribution is 7.99. The second kappa shape index (κ2) is 8.91. The van der Waals surface area contributed by atoms with E-state index in [9.17, 15) is 13.2 Å². The first-order valence-electron chi connectivity index (χ1n) is 9.04. The summed E-state index contributed by atoms with van der Waals surface area (Å²) in [5.74, 6) is 1.03. The quantitative estimate of drug-likeness (QED) is 0.480. The van der Waals surface area contributed by atoms with Gasteiger partial charge in [0.2, 0.25) is 5.91 Å². The Kier molecular flexibility index (Phi) is 6.56. The molecule has 7 nitrogen and oxygen atoms in total. The molecule has 0 aliphatic carbocycles. The Morgan fingerprint density at radius 1 is 1.36 bits per heavy atom. The van der Waals surface area contributed by atoms with E-state index in [-0.39, 0.29) is 29.1 Å². The van der Waals surface area contributed by atoms with Gasteiger partial charge in [0.25, 0.3) is 0 Å². The van der Waals surface area contributed by atoms with Gasteiger partial charge in [-0.2, -0.15) is 0 Å². The summed E-state index contributed by atoms with van der Waals surface area (Å²) in [6, 6.07) is 9.82. The average molecular weight is 421 g/mol. The highest BCUT2D eigenvalue weighted by Gasteiger charge is 2.33. The molecule has 0 radical (unpaired) electrons. The summed E-state index contributed by atoms with van der Waals surface area (Å²) in [6.45, 7) is 4.79. The highest BCUT2D eigenvalue weighted by atomic mass is 32.2. The summed E-state index contributed by atoms with van der Waals surface area (Å²) in [6.07, 6.45) is 2.28. The first-order valence-corrected chi connectivity index (χ1v) is 11.9. The SMILES string of the molecule is C=CCn1c(SCC(=O)N(C)Cc2ccccc2)nnc1C1CCS(=O)(=O)C1. The van der Waals surface area contributed by atoms with Crippen molar-refractivity contribution in [1.29, 1.82) is 0 Å². The molecule has 1 fully saturated rings. The van der Waals surface area contributed by atoms with Crippen molar-refractivity contribution in [3.05, 3.63) is 54.4 Å². The number of sulfone groups is 1. The van der Waals surface area contributed by atoms with Crippen molar-refractivity contribution in [2.75, 3.05) is 24.3 Å². The monoisotopic (exact) mass is 420 g/mol. The zero-order valence-corrected chi connectivity index (χ0v) is 17.5. The maximum Gasteiger partial charge on any atom is 0.233 e. The number of nitrogens with zero attached hydrogens (tertiary/aromatic N) is 4. The van der Waals surface area contributed by atoms with Gasteiger partial charge in [-0.1, -0.05) is 48.2 Å². The number of hydrogen-bond donors (Lipinski definition) is 0. The summed E-state index contributed by atoms with van der Waals surface area (Å²) in [5, 5.41) is 9.04. The van der Waals surface area contributed by atoms with Crippen LogP contribution in [0.15, 0.2) is 48.1 Å². The second-order valence-corrected chi connectivity index (χ2v) is 10.0. The van der Waals surface area contributed by atoms with Gasteiger partial charge in [-0.05, 0) is 12.0 Å². The van der Waals surface area contributed by atoms with E-state index in [0.717, 1.165) is 5.56 Å². The Balaban J connectivity index is 1.65. The van der Waals surface area contributed by atoms with Crippen LogP contribution in [0.4, 0.5) is 0 Å². The van der Waals surface area contributed by atoms with E-state index in [2.05, 4.69) is 16.8 Å². The summed E-state index contributed by atoms with van der Waals surface area (Å²) in [7, 11) is -1.23. The van der Waals surface area contributed by atoms with Crippen LogP contribution in [0, 0.1) is 0 Å². The smallest absolute Gasteiger partial charge is 0.233 e. The topological polar surface area (TPSA) is 85.2 Å². The Labute approximate surface area is 169 Å². The lowest BCUT2D eigenvalue weighted by atomic mass is 10.1. The molecular weight excluding hydrogens is 396 g/mol. The molecule has 1 aliphatic rings.